The Morgan fingerprint density at radius 1 is 1.15 bits per heavy atom. The van der Waals surface area contributed by atoms with Crippen molar-refractivity contribution in [2.75, 3.05) is 13.1 Å². The van der Waals surface area contributed by atoms with Crippen molar-refractivity contribution >= 4 is 5.91 Å². The lowest BCUT2D eigenvalue weighted by molar-refractivity contribution is -0.121. The first-order valence-corrected chi connectivity index (χ1v) is 9.15. The van der Waals surface area contributed by atoms with Gasteiger partial charge in [0.15, 0.2) is 5.82 Å². The standard InChI is InChI=1S/C20H22N6O/c27-19(8-11-26-13-16-4-1-2-5-17(16)14-26)22-10-7-18-23-20(25-24-18)15-6-3-9-21-12-15/h1-6,9,12H,7-8,10-11,13-14H2,(H,22,27)(H,23,24,25). The van der Waals surface area contributed by atoms with Crippen molar-refractivity contribution in [3.8, 4) is 11.4 Å². The zero-order chi connectivity index (χ0) is 18.5. The van der Waals surface area contributed by atoms with E-state index in [1.165, 1.54) is 11.1 Å². The van der Waals surface area contributed by atoms with Gasteiger partial charge < -0.3 is 5.32 Å². The third kappa shape index (κ3) is 4.38. The van der Waals surface area contributed by atoms with Crippen LogP contribution in [0, 0.1) is 0 Å². The topological polar surface area (TPSA) is 86.8 Å². The van der Waals surface area contributed by atoms with Crippen LogP contribution in [-0.2, 0) is 24.3 Å². The van der Waals surface area contributed by atoms with Gasteiger partial charge in [0.25, 0.3) is 0 Å². The normalized spacial score (nSPS) is 13.5. The molecule has 2 aromatic heterocycles. The summed E-state index contributed by atoms with van der Waals surface area (Å²) in [6, 6.07) is 12.2. The Labute approximate surface area is 157 Å². The monoisotopic (exact) mass is 362 g/mol. The molecule has 1 aliphatic rings. The van der Waals surface area contributed by atoms with Crippen LogP contribution < -0.4 is 5.32 Å². The molecule has 3 aromatic rings. The molecule has 0 saturated heterocycles. The molecule has 4 rings (SSSR count). The van der Waals surface area contributed by atoms with Gasteiger partial charge in [-0.25, -0.2) is 4.98 Å². The highest BCUT2D eigenvalue weighted by Gasteiger charge is 2.18. The van der Waals surface area contributed by atoms with Gasteiger partial charge in [-0.1, -0.05) is 24.3 Å². The minimum atomic E-state index is 0.0676. The molecule has 138 valence electrons. The molecule has 1 aromatic carbocycles. The summed E-state index contributed by atoms with van der Waals surface area (Å²) < 4.78 is 0. The molecule has 0 saturated carbocycles. The van der Waals surface area contributed by atoms with Gasteiger partial charge in [-0.05, 0) is 23.3 Å². The number of carbonyl (C=O) groups is 1. The molecule has 0 fully saturated rings. The zero-order valence-corrected chi connectivity index (χ0v) is 15.1. The molecule has 0 atom stereocenters. The summed E-state index contributed by atoms with van der Waals surface area (Å²) >= 11 is 0. The number of amides is 1. The number of nitrogens with zero attached hydrogens (tertiary/aromatic N) is 4. The predicted molar refractivity (Wildman–Crippen MR) is 102 cm³/mol. The summed E-state index contributed by atoms with van der Waals surface area (Å²) in [6.45, 7) is 3.17. The second-order valence-corrected chi connectivity index (χ2v) is 6.68. The maximum Gasteiger partial charge on any atom is 0.221 e. The third-order valence-electron chi connectivity index (χ3n) is 4.70. The number of H-pyrrole nitrogens is 1. The average molecular weight is 362 g/mol. The molecule has 0 spiro atoms. The molecule has 7 heteroatoms. The molecule has 1 amide bonds. The average Bonchev–Trinajstić information content (AvgIpc) is 3.34. The molecule has 27 heavy (non-hydrogen) atoms. The Balaban J connectivity index is 1.18. The van der Waals surface area contributed by atoms with Gasteiger partial charge in [0.1, 0.15) is 5.82 Å². The van der Waals surface area contributed by atoms with Gasteiger partial charge in [-0.2, -0.15) is 5.10 Å². The fourth-order valence-corrected chi connectivity index (χ4v) is 3.26. The van der Waals surface area contributed by atoms with Crippen molar-refractivity contribution in [3.05, 3.63) is 65.7 Å². The summed E-state index contributed by atoms with van der Waals surface area (Å²) in [5.41, 5.74) is 3.61. The van der Waals surface area contributed by atoms with E-state index in [0.29, 0.717) is 25.2 Å². The first-order chi connectivity index (χ1) is 13.3. The highest BCUT2D eigenvalue weighted by molar-refractivity contribution is 5.76. The first-order valence-electron chi connectivity index (χ1n) is 9.15. The summed E-state index contributed by atoms with van der Waals surface area (Å²) in [4.78, 5) is 22.9. The SMILES string of the molecule is O=C(CCN1Cc2ccccc2C1)NCCc1nc(-c2cccnc2)n[nH]1. The Morgan fingerprint density at radius 2 is 1.96 bits per heavy atom. The van der Waals surface area contributed by atoms with E-state index in [1.807, 2.05) is 12.1 Å². The Morgan fingerprint density at radius 3 is 2.70 bits per heavy atom. The van der Waals surface area contributed by atoms with Crippen LogP contribution in [0.5, 0.6) is 0 Å². The number of aromatic amines is 1. The van der Waals surface area contributed by atoms with E-state index in [0.717, 1.165) is 31.0 Å². The molecule has 2 N–H and O–H groups in total. The van der Waals surface area contributed by atoms with Crippen LogP contribution in [0.25, 0.3) is 11.4 Å². The highest BCUT2D eigenvalue weighted by Crippen LogP contribution is 2.21. The number of rotatable bonds is 7. The minimum Gasteiger partial charge on any atom is -0.356 e. The van der Waals surface area contributed by atoms with Crippen LogP contribution in [0.1, 0.15) is 23.4 Å². The molecule has 7 nitrogen and oxygen atoms in total. The number of carbonyl (C=O) groups excluding carboxylic acids is 1. The molecule has 1 aliphatic heterocycles. The number of hydrogen-bond donors (Lipinski definition) is 2. The molecule has 0 unspecified atom stereocenters. The summed E-state index contributed by atoms with van der Waals surface area (Å²) in [7, 11) is 0. The number of fused-ring (bicyclic) bond motifs is 1. The summed E-state index contributed by atoms with van der Waals surface area (Å²) in [6.07, 6.45) is 4.57. The van der Waals surface area contributed by atoms with Crippen molar-refractivity contribution in [1.29, 1.82) is 0 Å². The number of aromatic nitrogens is 4. The number of hydrogen-bond acceptors (Lipinski definition) is 5. The van der Waals surface area contributed by atoms with Gasteiger partial charge in [0, 0.05) is 57.0 Å². The maximum atomic E-state index is 12.1. The van der Waals surface area contributed by atoms with Gasteiger partial charge in [0.05, 0.1) is 0 Å². The Bertz CT molecular complexity index is 883. The van der Waals surface area contributed by atoms with E-state index < -0.39 is 0 Å². The van der Waals surface area contributed by atoms with E-state index in [2.05, 4.69) is 54.6 Å². The summed E-state index contributed by atoms with van der Waals surface area (Å²) in [5.74, 6) is 1.44. The van der Waals surface area contributed by atoms with Crippen molar-refractivity contribution in [2.45, 2.75) is 25.9 Å². The largest absolute Gasteiger partial charge is 0.356 e. The first kappa shape index (κ1) is 17.4. The van der Waals surface area contributed by atoms with Crippen LogP contribution in [0.15, 0.2) is 48.8 Å². The van der Waals surface area contributed by atoms with Crippen LogP contribution >= 0.6 is 0 Å². The van der Waals surface area contributed by atoms with Gasteiger partial charge in [-0.3, -0.25) is 19.8 Å². The van der Waals surface area contributed by atoms with Crippen LogP contribution in [0.3, 0.4) is 0 Å². The van der Waals surface area contributed by atoms with Crippen molar-refractivity contribution in [3.63, 3.8) is 0 Å². The van der Waals surface area contributed by atoms with Crippen molar-refractivity contribution in [2.24, 2.45) is 0 Å². The van der Waals surface area contributed by atoms with E-state index in [9.17, 15) is 4.79 Å². The molecule has 0 bridgehead atoms. The maximum absolute atomic E-state index is 12.1. The van der Waals surface area contributed by atoms with E-state index in [4.69, 9.17) is 0 Å². The third-order valence-corrected chi connectivity index (χ3v) is 4.70. The quantitative estimate of drug-likeness (QED) is 0.671. The lowest BCUT2D eigenvalue weighted by atomic mass is 10.1. The highest BCUT2D eigenvalue weighted by atomic mass is 16.1. The van der Waals surface area contributed by atoms with Gasteiger partial charge in [0.2, 0.25) is 5.91 Å². The number of nitrogens with one attached hydrogen (secondary N) is 2. The van der Waals surface area contributed by atoms with E-state index >= 15 is 0 Å². The molecule has 0 radical (unpaired) electrons. The lowest BCUT2D eigenvalue weighted by Gasteiger charge is -2.14. The number of pyridine rings is 1. The molecule has 0 aliphatic carbocycles. The second-order valence-electron chi connectivity index (χ2n) is 6.68. The predicted octanol–water partition coefficient (Wildman–Crippen LogP) is 1.93. The van der Waals surface area contributed by atoms with E-state index in [-0.39, 0.29) is 5.91 Å². The minimum absolute atomic E-state index is 0.0676. The number of benzene rings is 1. The lowest BCUT2D eigenvalue weighted by Crippen LogP contribution is -2.29. The summed E-state index contributed by atoms with van der Waals surface area (Å²) in [5, 5.41) is 10.1. The Hall–Kier alpha value is -3.06. The fourth-order valence-electron chi connectivity index (χ4n) is 3.26. The Kier molecular flexibility index (Phi) is 5.20. The van der Waals surface area contributed by atoms with Crippen LogP contribution in [0.2, 0.25) is 0 Å². The van der Waals surface area contributed by atoms with E-state index in [1.54, 1.807) is 12.4 Å². The second kappa shape index (κ2) is 8.09. The molecular weight excluding hydrogens is 340 g/mol. The smallest absolute Gasteiger partial charge is 0.221 e. The molecular formula is C20H22N6O. The van der Waals surface area contributed by atoms with Crippen molar-refractivity contribution < 1.29 is 4.79 Å². The van der Waals surface area contributed by atoms with Crippen LogP contribution in [0.4, 0.5) is 0 Å². The fraction of sp³-hybridized carbons (Fsp3) is 0.300. The van der Waals surface area contributed by atoms with Gasteiger partial charge in [-0.15, -0.1) is 0 Å². The van der Waals surface area contributed by atoms with Crippen LogP contribution in [-0.4, -0.2) is 44.1 Å². The van der Waals surface area contributed by atoms with Gasteiger partial charge >= 0.3 is 0 Å². The zero-order valence-electron chi connectivity index (χ0n) is 15.1. The van der Waals surface area contributed by atoms with Crippen molar-refractivity contribution in [1.82, 2.24) is 30.4 Å². The molecule has 3 heterocycles.